The highest BCUT2D eigenvalue weighted by Gasteiger charge is 2.02. The molecule has 1 aromatic rings. The van der Waals surface area contributed by atoms with E-state index < -0.39 is 0 Å². The third kappa shape index (κ3) is 5.14. The number of aromatic nitrogens is 2. The van der Waals surface area contributed by atoms with Gasteiger partial charge < -0.3 is 15.4 Å². The zero-order valence-electron chi connectivity index (χ0n) is 10.4. The van der Waals surface area contributed by atoms with E-state index in [2.05, 4.69) is 20.6 Å². The lowest BCUT2D eigenvalue weighted by atomic mass is 10.4. The van der Waals surface area contributed by atoms with Gasteiger partial charge in [-0.15, -0.1) is 0 Å². The van der Waals surface area contributed by atoms with E-state index in [1.165, 1.54) is 6.33 Å². The Morgan fingerprint density at radius 3 is 2.88 bits per heavy atom. The molecule has 0 aromatic carbocycles. The van der Waals surface area contributed by atoms with Crippen molar-refractivity contribution in [3.8, 4) is 5.88 Å². The van der Waals surface area contributed by atoms with Crippen LogP contribution in [0.3, 0.4) is 0 Å². The molecule has 6 heteroatoms. The van der Waals surface area contributed by atoms with E-state index in [0.717, 1.165) is 0 Å². The lowest BCUT2D eigenvalue weighted by molar-refractivity contribution is -0.120. The second-order valence-corrected chi connectivity index (χ2v) is 3.76. The van der Waals surface area contributed by atoms with Crippen LogP contribution >= 0.6 is 0 Å². The zero-order valence-corrected chi connectivity index (χ0v) is 10.4. The number of carbonyl (C=O) groups is 1. The van der Waals surface area contributed by atoms with Gasteiger partial charge in [0.25, 0.3) is 0 Å². The van der Waals surface area contributed by atoms with Crippen molar-refractivity contribution in [1.82, 2.24) is 15.3 Å². The highest BCUT2D eigenvalue weighted by atomic mass is 16.5. The summed E-state index contributed by atoms with van der Waals surface area (Å²) in [5, 5.41) is 5.58. The molecule has 2 N–H and O–H groups in total. The van der Waals surface area contributed by atoms with Gasteiger partial charge in [0.1, 0.15) is 12.1 Å². The van der Waals surface area contributed by atoms with Gasteiger partial charge in [-0.3, -0.25) is 4.79 Å². The number of nitrogens with zero attached hydrogens (tertiary/aromatic N) is 2. The molecule has 1 rings (SSSR count). The molecule has 0 unspecified atom stereocenters. The van der Waals surface area contributed by atoms with Gasteiger partial charge in [0, 0.05) is 26.1 Å². The Bertz CT molecular complexity index is 368. The maximum Gasteiger partial charge on any atom is 0.221 e. The molecule has 0 bridgehead atoms. The molecule has 1 aromatic heterocycles. The Morgan fingerprint density at radius 2 is 2.24 bits per heavy atom. The van der Waals surface area contributed by atoms with Crippen molar-refractivity contribution < 1.29 is 9.53 Å². The quantitative estimate of drug-likeness (QED) is 0.767. The molecule has 17 heavy (non-hydrogen) atoms. The monoisotopic (exact) mass is 238 g/mol. The predicted molar refractivity (Wildman–Crippen MR) is 65.0 cm³/mol. The van der Waals surface area contributed by atoms with Crippen molar-refractivity contribution in [2.75, 3.05) is 18.9 Å². The second-order valence-electron chi connectivity index (χ2n) is 3.76. The number of ether oxygens (including phenoxy) is 1. The number of hydrogen-bond acceptors (Lipinski definition) is 5. The van der Waals surface area contributed by atoms with E-state index in [0.29, 0.717) is 24.7 Å². The van der Waals surface area contributed by atoms with Gasteiger partial charge in [0.05, 0.1) is 6.10 Å². The summed E-state index contributed by atoms with van der Waals surface area (Å²) in [7, 11) is 1.61. The molecule has 0 saturated carbocycles. The van der Waals surface area contributed by atoms with Gasteiger partial charge in [-0.2, -0.15) is 0 Å². The highest BCUT2D eigenvalue weighted by Crippen LogP contribution is 2.12. The van der Waals surface area contributed by atoms with Crippen LogP contribution in [0.25, 0.3) is 0 Å². The number of rotatable bonds is 6. The minimum Gasteiger partial charge on any atom is -0.475 e. The summed E-state index contributed by atoms with van der Waals surface area (Å²) >= 11 is 0. The van der Waals surface area contributed by atoms with Crippen LogP contribution in [0, 0.1) is 0 Å². The molecule has 0 radical (unpaired) electrons. The van der Waals surface area contributed by atoms with E-state index in [-0.39, 0.29) is 12.0 Å². The van der Waals surface area contributed by atoms with Crippen molar-refractivity contribution in [3.05, 3.63) is 12.4 Å². The summed E-state index contributed by atoms with van der Waals surface area (Å²) in [5.74, 6) is 1.17. The van der Waals surface area contributed by atoms with Crippen molar-refractivity contribution in [3.63, 3.8) is 0 Å². The van der Waals surface area contributed by atoms with Crippen LogP contribution in [0.15, 0.2) is 12.4 Å². The van der Waals surface area contributed by atoms with E-state index in [1.807, 2.05) is 13.8 Å². The number of amides is 1. The number of anilines is 1. The molecule has 0 atom stereocenters. The smallest absolute Gasteiger partial charge is 0.221 e. The summed E-state index contributed by atoms with van der Waals surface area (Å²) < 4.78 is 5.43. The fourth-order valence-electron chi connectivity index (χ4n) is 1.17. The number of hydrogen-bond donors (Lipinski definition) is 2. The molecule has 0 aliphatic rings. The first-order chi connectivity index (χ1) is 8.11. The summed E-state index contributed by atoms with van der Waals surface area (Å²) in [4.78, 5) is 19.0. The van der Waals surface area contributed by atoms with Gasteiger partial charge in [-0.05, 0) is 13.8 Å². The predicted octanol–water partition coefficient (Wildman–Crippen LogP) is 0.812. The Morgan fingerprint density at radius 1 is 1.47 bits per heavy atom. The molecular formula is C11H18N4O2. The Labute approximate surface area is 101 Å². The average Bonchev–Trinajstić information content (AvgIpc) is 2.28. The van der Waals surface area contributed by atoms with Crippen LogP contribution in [0.4, 0.5) is 5.82 Å². The highest BCUT2D eigenvalue weighted by molar-refractivity contribution is 5.76. The van der Waals surface area contributed by atoms with Crippen LogP contribution in [0.1, 0.15) is 20.3 Å². The summed E-state index contributed by atoms with van der Waals surface area (Å²) in [5.41, 5.74) is 0. The first kappa shape index (κ1) is 13.2. The second kappa shape index (κ2) is 6.67. The zero-order chi connectivity index (χ0) is 12.7. The lowest BCUT2D eigenvalue weighted by Gasteiger charge is -2.09. The SMILES string of the molecule is CNC(=O)CCNc1cc(OC(C)C)ncn1. The van der Waals surface area contributed by atoms with Gasteiger partial charge in [-0.1, -0.05) is 0 Å². The summed E-state index contributed by atoms with van der Waals surface area (Å²) in [6.07, 6.45) is 1.91. The van der Waals surface area contributed by atoms with Gasteiger partial charge in [-0.25, -0.2) is 9.97 Å². The first-order valence-electron chi connectivity index (χ1n) is 5.55. The number of nitrogens with one attached hydrogen (secondary N) is 2. The Kier molecular flexibility index (Phi) is 5.19. The van der Waals surface area contributed by atoms with Crippen molar-refractivity contribution in [2.24, 2.45) is 0 Å². The third-order valence-corrected chi connectivity index (χ3v) is 1.94. The first-order valence-corrected chi connectivity index (χ1v) is 5.55. The van der Waals surface area contributed by atoms with Gasteiger partial charge in [0.15, 0.2) is 0 Å². The van der Waals surface area contributed by atoms with E-state index in [1.54, 1.807) is 13.1 Å². The Hall–Kier alpha value is -1.85. The van der Waals surface area contributed by atoms with Crippen LogP contribution in [-0.2, 0) is 4.79 Å². The lowest BCUT2D eigenvalue weighted by Crippen LogP contribution is -2.21. The topological polar surface area (TPSA) is 76.1 Å². The minimum absolute atomic E-state index is 0.00906. The van der Waals surface area contributed by atoms with Gasteiger partial charge in [0.2, 0.25) is 11.8 Å². The van der Waals surface area contributed by atoms with E-state index >= 15 is 0 Å². The fourth-order valence-corrected chi connectivity index (χ4v) is 1.17. The summed E-state index contributed by atoms with van der Waals surface area (Å²) in [6.45, 7) is 4.39. The largest absolute Gasteiger partial charge is 0.475 e. The normalized spacial score (nSPS) is 10.1. The fraction of sp³-hybridized carbons (Fsp3) is 0.545. The van der Waals surface area contributed by atoms with Crippen LogP contribution in [0.2, 0.25) is 0 Å². The summed E-state index contributed by atoms with van der Waals surface area (Å²) in [6, 6.07) is 1.71. The van der Waals surface area contributed by atoms with Gasteiger partial charge >= 0.3 is 0 Å². The Balaban J connectivity index is 2.45. The van der Waals surface area contributed by atoms with Crippen LogP contribution < -0.4 is 15.4 Å². The maximum atomic E-state index is 11.0. The van der Waals surface area contributed by atoms with E-state index in [9.17, 15) is 4.79 Å². The molecule has 0 spiro atoms. The third-order valence-electron chi connectivity index (χ3n) is 1.94. The van der Waals surface area contributed by atoms with E-state index in [4.69, 9.17) is 4.74 Å². The maximum absolute atomic E-state index is 11.0. The molecular weight excluding hydrogens is 220 g/mol. The molecule has 0 fully saturated rings. The van der Waals surface area contributed by atoms with Crippen molar-refractivity contribution in [1.29, 1.82) is 0 Å². The molecule has 94 valence electrons. The molecule has 0 aliphatic heterocycles. The molecule has 1 heterocycles. The van der Waals surface area contributed by atoms with Crippen LogP contribution in [-0.4, -0.2) is 35.6 Å². The molecule has 6 nitrogen and oxygen atoms in total. The standard InChI is InChI=1S/C11H18N4O2/c1-8(2)17-11-6-9(14-7-15-11)13-5-4-10(16)12-3/h6-8H,4-5H2,1-3H3,(H,12,16)(H,13,14,15). The molecule has 0 aliphatic carbocycles. The van der Waals surface area contributed by atoms with Crippen molar-refractivity contribution in [2.45, 2.75) is 26.4 Å². The van der Waals surface area contributed by atoms with Crippen LogP contribution in [0.5, 0.6) is 5.88 Å². The minimum atomic E-state index is -0.00906. The molecule has 1 amide bonds. The average molecular weight is 238 g/mol. The van der Waals surface area contributed by atoms with Crippen molar-refractivity contribution >= 4 is 11.7 Å². The molecule has 0 saturated heterocycles. The number of carbonyl (C=O) groups excluding carboxylic acids is 1.